The van der Waals surface area contributed by atoms with Gasteiger partial charge in [0.2, 0.25) is 5.91 Å². The van der Waals surface area contributed by atoms with Crippen LogP contribution in [0.5, 0.6) is 0 Å². The second kappa shape index (κ2) is 9.29. The van der Waals surface area contributed by atoms with Crippen molar-refractivity contribution in [2.45, 2.75) is 63.4 Å². The van der Waals surface area contributed by atoms with Gasteiger partial charge in [0.1, 0.15) is 0 Å². The summed E-state index contributed by atoms with van der Waals surface area (Å²) in [6.45, 7) is 3.08. The van der Waals surface area contributed by atoms with E-state index >= 15 is 0 Å². The number of amides is 2. The summed E-state index contributed by atoms with van der Waals surface area (Å²) in [4.78, 5) is 27.0. The molecule has 2 saturated heterocycles. The molecule has 158 valence electrons. The molecule has 0 radical (unpaired) electrons. The molecule has 1 unspecified atom stereocenters. The van der Waals surface area contributed by atoms with E-state index in [4.69, 9.17) is 4.74 Å². The zero-order valence-corrected chi connectivity index (χ0v) is 17.4. The Morgan fingerprint density at radius 1 is 1.03 bits per heavy atom. The maximum absolute atomic E-state index is 12.6. The van der Waals surface area contributed by atoms with E-state index in [0.29, 0.717) is 29.9 Å². The van der Waals surface area contributed by atoms with Crippen molar-refractivity contribution in [3.05, 3.63) is 35.9 Å². The highest BCUT2D eigenvalue weighted by Crippen LogP contribution is 2.38. The average Bonchev–Trinajstić information content (AvgIpc) is 3.26. The molecule has 29 heavy (non-hydrogen) atoms. The van der Waals surface area contributed by atoms with Crippen LogP contribution in [-0.4, -0.2) is 48.6 Å². The normalized spacial score (nSPS) is 24.6. The third-order valence-electron chi connectivity index (χ3n) is 7.15. The minimum absolute atomic E-state index is 0.00142. The molecule has 5 heteroatoms. The highest BCUT2D eigenvalue weighted by molar-refractivity contribution is 5.94. The van der Waals surface area contributed by atoms with Crippen LogP contribution in [0.4, 0.5) is 0 Å². The Kier molecular flexibility index (Phi) is 6.53. The van der Waals surface area contributed by atoms with Gasteiger partial charge in [0.05, 0.1) is 5.60 Å². The first kappa shape index (κ1) is 20.4. The molecule has 5 nitrogen and oxygen atoms in total. The van der Waals surface area contributed by atoms with Gasteiger partial charge in [-0.15, -0.1) is 0 Å². The fourth-order valence-corrected chi connectivity index (χ4v) is 5.33. The molecule has 4 rings (SSSR count). The first-order chi connectivity index (χ1) is 14.1. The van der Waals surface area contributed by atoms with E-state index in [-0.39, 0.29) is 11.5 Å². The average molecular weight is 399 g/mol. The van der Waals surface area contributed by atoms with Crippen molar-refractivity contribution < 1.29 is 14.3 Å². The number of piperidine rings is 1. The lowest BCUT2D eigenvalue weighted by Gasteiger charge is -2.46. The van der Waals surface area contributed by atoms with Crippen LogP contribution in [-0.2, 0) is 9.53 Å². The second-order valence-corrected chi connectivity index (χ2v) is 9.20. The fraction of sp³-hybridized carbons (Fsp3) is 0.667. The maximum atomic E-state index is 12.6. The molecule has 3 aliphatic rings. The highest BCUT2D eigenvalue weighted by Gasteiger charge is 2.41. The SMILES string of the molecule is O=C(NCC1CCOC2(CCN(C(=O)CC3CCCC3)CC2)C1)c1ccccc1. The lowest BCUT2D eigenvalue weighted by molar-refractivity contribution is -0.147. The van der Waals surface area contributed by atoms with E-state index in [2.05, 4.69) is 10.2 Å². The quantitative estimate of drug-likeness (QED) is 0.821. The number of carbonyl (C=O) groups excluding carboxylic acids is 2. The lowest BCUT2D eigenvalue weighted by atomic mass is 9.79. The van der Waals surface area contributed by atoms with E-state index in [1.807, 2.05) is 30.3 Å². The maximum Gasteiger partial charge on any atom is 0.251 e. The molecule has 0 aromatic heterocycles. The number of rotatable bonds is 5. The molecular formula is C24H34N2O3. The molecule has 2 amide bonds. The first-order valence-electron chi connectivity index (χ1n) is 11.4. The van der Waals surface area contributed by atoms with Crippen LogP contribution in [0.3, 0.4) is 0 Å². The van der Waals surface area contributed by atoms with Gasteiger partial charge in [-0.3, -0.25) is 9.59 Å². The Morgan fingerprint density at radius 3 is 2.48 bits per heavy atom. The van der Waals surface area contributed by atoms with Gasteiger partial charge in [-0.25, -0.2) is 0 Å². The minimum Gasteiger partial charge on any atom is -0.375 e. The van der Waals surface area contributed by atoms with Gasteiger partial charge in [-0.2, -0.15) is 0 Å². The zero-order valence-electron chi connectivity index (χ0n) is 17.4. The van der Waals surface area contributed by atoms with Crippen LogP contribution < -0.4 is 5.32 Å². The molecule has 2 aliphatic heterocycles. The summed E-state index contributed by atoms with van der Waals surface area (Å²) in [6.07, 6.45) is 9.58. The zero-order chi connectivity index (χ0) is 20.1. The third-order valence-corrected chi connectivity index (χ3v) is 7.15. The molecule has 1 spiro atoms. The van der Waals surface area contributed by atoms with Gasteiger partial charge in [0, 0.05) is 38.2 Å². The molecule has 1 aliphatic carbocycles. The Hall–Kier alpha value is -1.88. The van der Waals surface area contributed by atoms with Gasteiger partial charge >= 0.3 is 0 Å². The molecule has 1 aromatic rings. The molecule has 3 fully saturated rings. The second-order valence-electron chi connectivity index (χ2n) is 9.20. The standard InChI is InChI=1S/C24H34N2O3/c27-22(16-19-6-4-5-7-19)26-13-11-24(12-14-26)17-20(10-15-29-24)18-25-23(28)21-8-2-1-3-9-21/h1-3,8-9,19-20H,4-7,10-18H2,(H,25,28). The van der Waals surface area contributed by atoms with Crippen molar-refractivity contribution in [1.29, 1.82) is 0 Å². The number of benzene rings is 1. The van der Waals surface area contributed by atoms with E-state index in [9.17, 15) is 9.59 Å². The topological polar surface area (TPSA) is 58.6 Å². The van der Waals surface area contributed by atoms with Gasteiger partial charge in [-0.05, 0) is 62.5 Å². The Bertz CT molecular complexity index is 691. The predicted molar refractivity (Wildman–Crippen MR) is 113 cm³/mol. The summed E-state index contributed by atoms with van der Waals surface area (Å²) in [7, 11) is 0. The van der Waals surface area contributed by atoms with Crippen LogP contribution >= 0.6 is 0 Å². The van der Waals surface area contributed by atoms with Crippen molar-refractivity contribution in [1.82, 2.24) is 10.2 Å². The Balaban J connectivity index is 1.24. The third kappa shape index (κ3) is 5.19. The number of hydrogen-bond donors (Lipinski definition) is 1. The van der Waals surface area contributed by atoms with E-state index in [1.54, 1.807) is 0 Å². The van der Waals surface area contributed by atoms with Gasteiger partial charge in [-0.1, -0.05) is 31.0 Å². The predicted octanol–water partition coefficient (Wildman–Crippen LogP) is 3.78. The van der Waals surface area contributed by atoms with Crippen molar-refractivity contribution >= 4 is 11.8 Å². The fourth-order valence-electron chi connectivity index (χ4n) is 5.33. The molecule has 1 aromatic carbocycles. The summed E-state index contributed by atoms with van der Waals surface area (Å²) in [6, 6.07) is 9.39. The highest BCUT2D eigenvalue weighted by atomic mass is 16.5. The number of carbonyl (C=O) groups is 2. The number of hydrogen-bond acceptors (Lipinski definition) is 3. The molecule has 1 saturated carbocycles. The van der Waals surface area contributed by atoms with Gasteiger partial charge in [0.25, 0.3) is 5.91 Å². The number of ether oxygens (including phenoxy) is 1. The number of nitrogens with zero attached hydrogens (tertiary/aromatic N) is 1. The van der Waals surface area contributed by atoms with Gasteiger partial charge < -0.3 is 15.0 Å². The summed E-state index contributed by atoms with van der Waals surface area (Å²) in [5.41, 5.74) is 0.605. The van der Waals surface area contributed by atoms with E-state index in [0.717, 1.165) is 51.8 Å². The smallest absolute Gasteiger partial charge is 0.251 e. The monoisotopic (exact) mass is 398 g/mol. The van der Waals surface area contributed by atoms with Gasteiger partial charge in [0.15, 0.2) is 0 Å². The summed E-state index contributed by atoms with van der Waals surface area (Å²) in [5, 5.41) is 3.10. The van der Waals surface area contributed by atoms with E-state index < -0.39 is 0 Å². The molecule has 1 atom stereocenters. The number of likely N-dealkylation sites (tertiary alicyclic amines) is 1. The molecule has 0 bridgehead atoms. The van der Waals surface area contributed by atoms with Crippen LogP contribution in [0.2, 0.25) is 0 Å². The van der Waals surface area contributed by atoms with Crippen molar-refractivity contribution in [3.8, 4) is 0 Å². The van der Waals surface area contributed by atoms with Crippen LogP contribution in [0.15, 0.2) is 30.3 Å². The van der Waals surface area contributed by atoms with Crippen LogP contribution in [0.1, 0.15) is 68.1 Å². The number of nitrogens with one attached hydrogen (secondary N) is 1. The lowest BCUT2D eigenvalue weighted by Crippen LogP contribution is -2.52. The first-order valence-corrected chi connectivity index (χ1v) is 11.4. The largest absolute Gasteiger partial charge is 0.375 e. The summed E-state index contributed by atoms with van der Waals surface area (Å²) in [5.74, 6) is 1.40. The van der Waals surface area contributed by atoms with Crippen molar-refractivity contribution in [3.63, 3.8) is 0 Å². The minimum atomic E-state index is -0.107. The van der Waals surface area contributed by atoms with Crippen LogP contribution in [0.25, 0.3) is 0 Å². The van der Waals surface area contributed by atoms with Crippen molar-refractivity contribution in [2.75, 3.05) is 26.2 Å². The van der Waals surface area contributed by atoms with Crippen LogP contribution in [0, 0.1) is 11.8 Å². The summed E-state index contributed by atoms with van der Waals surface area (Å²) < 4.78 is 6.24. The Morgan fingerprint density at radius 2 is 1.76 bits per heavy atom. The molecule has 1 N–H and O–H groups in total. The molecular weight excluding hydrogens is 364 g/mol. The Labute approximate surface area is 174 Å². The van der Waals surface area contributed by atoms with Crippen molar-refractivity contribution in [2.24, 2.45) is 11.8 Å². The summed E-state index contributed by atoms with van der Waals surface area (Å²) >= 11 is 0. The van der Waals surface area contributed by atoms with E-state index in [1.165, 1.54) is 25.7 Å². The molecule has 2 heterocycles.